The fraction of sp³-hybridized carbons (Fsp3) is 0.619. The first-order valence-corrected chi connectivity index (χ1v) is 9.33. The summed E-state index contributed by atoms with van der Waals surface area (Å²) in [5.74, 6) is -0.409. The number of nitrogens with zero attached hydrogens (tertiary/aromatic N) is 1. The summed E-state index contributed by atoms with van der Waals surface area (Å²) in [6.07, 6.45) is 1.21. The Morgan fingerprint density at radius 2 is 1.85 bits per heavy atom. The number of carboxylic acids is 1. The van der Waals surface area contributed by atoms with Crippen molar-refractivity contribution in [2.75, 3.05) is 13.1 Å². The monoisotopic (exact) mass is 361 g/mol. The molecule has 0 spiro atoms. The molecule has 0 aromatic heterocycles. The standard InChI is InChI=1S/C21H31NO4/c1-15(2)17-9-7-16(8-10-17)13-21(18(23)24)11-6-12-22(14-21)19(25)26-20(3,4)5/h7-10,15H,6,11-14H2,1-5H3,(H,23,24). The van der Waals surface area contributed by atoms with E-state index < -0.39 is 23.1 Å². The van der Waals surface area contributed by atoms with Crippen molar-refractivity contribution in [3.8, 4) is 0 Å². The molecule has 0 radical (unpaired) electrons. The lowest BCUT2D eigenvalue weighted by Gasteiger charge is -2.40. The van der Waals surface area contributed by atoms with Crippen molar-refractivity contribution in [2.45, 2.75) is 65.4 Å². The Balaban J connectivity index is 2.18. The van der Waals surface area contributed by atoms with Crippen LogP contribution in [0.2, 0.25) is 0 Å². The largest absolute Gasteiger partial charge is 0.481 e. The molecule has 1 aromatic rings. The minimum atomic E-state index is -0.964. The second kappa shape index (κ2) is 7.68. The maximum absolute atomic E-state index is 12.4. The van der Waals surface area contributed by atoms with Crippen LogP contribution in [0.5, 0.6) is 0 Å². The van der Waals surface area contributed by atoms with E-state index in [0.29, 0.717) is 31.7 Å². The topological polar surface area (TPSA) is 66.8 Å². The van der Waals surface area contributed by atoms with Crippen molar-refractivity contribution in [1.29, 1.82) is 0 Å². The van der Waals surface area contributed by atoms with Crippen LogP contribution in [0.15, 0.2) is 24.3 Å². The van der Waals surface area contributed by atoms with Crippen molar-refractivity contribution in [1.82, 2.24) is 4.90 Å². The molecule has 1 amide bonds. The number of amides is 1. The molecule has 0 bridgehead atoms. The number of hydrogen-bond acceptors (Lipinski definition) is 3. The number of ether oxygens (including phenoxy) is 1. The smallest absolute Gasteiger partial charge is 0.410 e. The highest BCUT2D eigenvalue weighted by Crippen LogP contribution is 2.35. The Morgan fingerprint density at radius 3 is 2.35 bits per heavy atom. The normalized spacial score (nSPS) is 20.9. The van der Waals surface area contributed by atoms with E-state index in [1.165, 1.54) is 5.56 Å². The molecule has 1 saturated heterocycles. The van der Waals surface area contributed by atoms with Crippen LogP contribution < -0.4 is 0 Å². The lowest BCUT2D eigenvalue weighted by atomic mass is 9.75. The van der Waals surface area contributed by atoms with Gasteiger partial charge in [-0.15, -0.1) is 0 Å². The number of piperidine rings is 1. The average Bonchev–Trinajstić information content (AvgIpc) is 2.54. The Bertz CT molecular complexity index is 645. The fourth-order valence-electron chi connectivity index (χ4n) is 3.42. The molecule has 1 unspecified atom stereocenters. The number of likely N-dealkylation sites (tertiary alicyclic amines) is 1. The van der Waals surface area contributed by atoms with Gasteiger partial charge in [0.1, 0.15) is 5.60 Å². The molecule has 1 fully saturated rings. The molecule has 1 atom stereocenters. The quantitative estimate of drug-likeness (QED) is 0.860. The van der Waals surface area contributed by atoms with Crippen LogP contribution in [-0.4, -0.2) is 40.8 Å². The van der Waals surface area contributed by atoms with Crippen molar-refractivity contribution >= 4 is 12.1 Å². The first-order chi connectivity index (χ1) is 12.0. The summed E-state index contributed by atoms with van der Waals surface area (Å²) in [5.41, 5.74) is 0.668. The molecule has 1 N–H and O–H groups in total. The van der Waals surface area contributed by atoms with E-state index in [0.717, 1.165) is 5.56 Å². The van der Waals surface area contributed by atoms with Gasteiger partial charge in [-0.25, -0.2) is 4.79 Å². The van der Waals surface area contributed by atoms with Gasteiger partial charge in [0.05, 0.1) is 5.41 Å². The van der Waals surface area contributed by atoms with Gasteiger partial charge in [-0.05, 0) is 57.1 Å². The maximum atomic E-state index is 12.4. The molecular weight excluding hydrogens is 330 g/mol. The van der Waals surface area contributed by atoms with Crippen molar-refractivity contribution < 1.29 is 19.4 Å². The summed E-state index contributed by atoms with van der Waals surface area (Å²) >= 11 is 0. The molecule has 2 rings (SSSR count). The Labute approximate surface area is 156 Å². The first kappa shape index (κ1) is 20.3. The number of carbonyl (C=O) groups excluding carboxylic acids is 1. The molecule has 1 aliphatic heterocycles. The molecule has 0 saturated carbocycles. The highest BCUT2D eigenvalue weighted by atomic mass is 16.6. The van der Waals surface area contributed by atoms with Crippen LogP contribution in [0.1, 0.15) is 64.5 Å². The van der Waals surface area contributed by atoms with E-state index >= 15 is 0 Å². The van der Waals surface area contributed by atoms with Gasteiger partial charge in [-0.1, -0.05) is 38.1 Å². The predicted molar refractivity (Wildman–Crippen MR) is 101 cm³/mol. The molecule has 5 nitrogen and oxygen atoms in total. The molecule has 0 aliphatic carbocycles. The number of rotatable bonds is 4. The third-order valence-corrected chi connectivity index (χ3v) is 4.87. The number of aliphatic carboxylic acids is 1. The summed E-state index contributed by atoms with van der Waals surface area (Å²) in [7, 11) is 0. The van der Waals surface area contributed by atoms with Crippen LogP contribution in [0.25, 0.3) is 0 Å². The minimum Gasteiger partial charge on any atom is -0.481 e. The van der Waals surface area contributed by atoms with Crippen molar-refractivity contribution in [3.63, 3.8) is 0 Å². The van der Waals surface area contributed by atoms with E-state index in [4.69, 9.17) is 4.74 Å². The van der Waals surface area contributed by atoms with Gasteiger partial charge in [0, 0.05) is 13.1 Å². The number of carboxylic acid groups (broad SMARTS) is 1. The van der Waals surface area contributed by atoms with Gasteiger partial charge in [0.2, 0.25) is 0 Å². The lowest BCUT2D eigenvalue weighted by Crippen LogP contribution is -2.52. The predicted octanol–water partition coefficient (Wildman–Crippen LogP) is 4.45. The van der Waals surface area contributed by atoms with Crippen LogP contribution in [0, 0.1) is 5.41 Å². The average molecular weight is 361 g/mol. The van der Waals surface area contributed by atoms with Crippen LogP contribution in [-0.2, 0) is 16.0 Å². The molecule has 144 valence electrons. The van der Waals surface area contributed by atoms with E-state index in [-0.39, 0.29) is 6.54 Å². The Kier molecular flexibility index (Phi) is 5.99. The minimum absolute atomic E-state index is 0.184. The summed E-state index contributed by atoms with van der Waals surface area (Å²) in [6, 6.07) is 8.13. The molecular formula is C21H31NO4. The number of carbonyl (C=O) groups is 2. The maximum Gasteiger partial charge on any atom is 0.410 e. The highest BCUT2D eigenvalue weighted by molar-refractivity contribution is 5.77. The molecule has 1 heterocycles. The van der Waals surface area contributed by atoms with Crippen LogP contribution >= 0.6 is 0 Å². The fourth-order valence-corrected chi connectivity index (χ4v) is 3.42. The number of hydrogen-bond donors (Lipinski definition) is 1. The third-order valence-electron chi connectivity index (χ3n) is 4.87. The van der Waals surface area contributed by atoms with Crippen molar-refractivity contribution in [3.05, 3.63) is 35.4 Å². The Morgan fingerprint density at radius 1 is 1.23 bits per heavy atom. The number of benzene rings is 1. The molecule has 1 aliphatic rings. The summed E-state index contributed by atoms with van der Waals surface area (Å²) < 4.78 is 5.44. The van der Waals surface area contributed by atoms with E-state index in [2.05, 4.69) is 26.0 Å². The van der Waals surface area contributed by atoms with Gasteiger partial charge in [0.15, 0.2) is 0 Å². The van der Waals surface area contributed by atoms with Crippen molar-refractivity contribution in [2.24, 2.45) is 5.41 Å². The zero-order valence-corrected chi connectivity index (χ0v) is 16.5. The zero-order chi connectivity index (χ0) is 19.5. The second-order valence-corrected chi connectivity index (χ2v) is 8.66. The highest BCUT2D eigenvalue weighted by Gasteiger charge is 2.44. The van der Waals surface area contributed by atoms with E-state index in [1.54, 1.807) is 4.90 Å². The summed E-state index contributed by atoms with van der Waals surface area (Å²) in [6.45, 7) is 10.4. The van der Waals surface area contributed by atoms with Gasteiger partial charge < -0.3 is 14.7 Å². The SMILES string of the molecule is CC(C)c1ccc(CC2(C(=O)O)CCCN(C(=O)OC(C)(C)C)C2)cc1. The second-order valence-electron chi connectivity index (χ2n) is 8.66. The van der Waals surface area contributed by atoms with E-state index in [9.17, 15) is 14.7 Å². The molecule has 26 heavy (non-hydrogen) atoms. The Hall–Kier alpha value is -2.04. The molecule has 1 aromatic carbocycles. The van der Waals surface area contributed by atoms with Gasteiger partial charge >= 0.3 is 12.1 Å². The first-order valence-electron chi connectivity index (χ1n) is 9.33. The summed E-state index contributed by atoms with van der Waals surface area (Å²) in [5, 5.41) is 9.95. The summed E-state index contributed by atoms with van der Waals surface area (Å²) in [4.78, 5) is 26.1. The van der Waals surface area contributed by atoms with Crippen LogP contribution in [0.4, 0.5) is 4.79 Å². The lowest BCUT2D eigenvalue weighted by molar-refractivity contribution is -0.152. The van der Waals surface area contributed by atoms with Crippen LogP contribution in [0.3, 0.4) is 0 Å². The van der Waals surface area contributed by atoms with Gasteiger partial charge in [-0.2, -0.15) is 0 Å². The zero-order valence-electron chi connectivity index (χ0n) is 16.5. The molecule has 5 heteroatoms. The third kappa shape index (κ3) is 4.99. The van der Waals surface area contributed by atoms with E-state index in [1.807, 2.05) is 32.9 Å². The van der Waals surface area contributed by atoms with Gasteiger partial charge in [-0.3, -0.25) is 4.79 Å². The van der Waals surface area contributed by atoms with Gasteiger partial charge in [0.25, 0.3) is 0 Å².